The van der Waals surface area contributed by atoms with Crippen molar-refractivity contribution in [1.29, 1.82) is 0 Å². The van der Waals surface area contributed by atoms with Crippen molar-refractivity contribution in [1.82, 2.24) is 5.32 Å². The van der Waals surface area contributed by atoms with Crippen molar-refractivity contribution < 1.29 is 9.53 Å². The minimum absolute atomic E-state index is 0.136. The zero-order valence-corrected chi connectivity index (χ0v) is 14.6. The molecule has 0 bridgehead atoms. The quantitative estimate of drug-likeness (QED) is 0.729. The lowest BCUT2D eigenvalue weighted by atomic mass is 9.84. The van der Waals surface area contributed by atoms with Gasteiger partial charge in [-0.25, -0.2) is 0 Å². The van der Waals surface area contributed by atoms with Crippen molar-refractivity contribution in [2.45, 2.75) is 38.1 Å². The van der Waals surface area contributed by atoms with Crippen molar-refractivity contribution in [3.63, 3.8) is 0 Å². The molecule has 0 amide bonds. The normalized spacial score (nSPS) is 20.1. The molecular formula is C20H22ClNO2. The summed E-state index contributed by atoms with van der Waals surface area (Å²) in [5, 5.41) is 3.93. The molecule has 0 aromatic heterocycles. The molecule has 1 heterocycles. The number of ether oxygens (including phenoxy) is 1. The first-order valence-corrected chi connectivity index (χ1v) is 8.85. The lowest BCUT2D eigenvalue weighted by Crippen LogP contribution is -2.47. The highest BCUT2D eigenvalue weighted by Gasteiger charge is 2.40. The van der Waals surface area contributed by atoms with Gasteiger partial charge in [0.1, 0.15) is 11.5 Å². The number of Topliss-reactive ketones (excluding diaryl/α,β-unsaturated/α-hetero) is 1. The summed E-state index contributed by atoms with van der Waals surface area (Å²) < 4.78 is 5.85. The van der Waals surface area contributed by atoms with Crippen molar-refractivity contribution in [3.05, 3.63) is 59.1 Å². The summed E-state index contributed by atoms with van der Waals surface area (Å²) in [7, 11) is 0. The number of benzene rings is 2. The van der Waals surface area contributed by atoms with E-state index in [1.54, 1.807) is 18.2 Å². The zero-order valence-electron chi connectivity index (χ0n) is 13.8. The lowest BCUT2D eigenvalue weighted by Gasteiger charge is -2.28. The van der Waals surface area contributed by atoms with E-state index in [9.17, 15) is 4.79 Å². The maximum atomic E-state index is 13.1. The van der Waals surface area contributed by atoms with E-state index in [1.807, 2.05) is 30.3 Å². The number of nitrogens with one attached hydrogen (secondary N) is 1. The van der Waals surface area contributed by atoms with Crippen LogP contribution in [0.1, 0.15) is 43.0 Å². The minimum atomic E-state index is -0.438. The Morgan fingerprint density at radius 3 is 2.71 bits per heavy atom. The lowest BCUT2D eigenvalue weighted by molar-refractivity contribution is 0.0857. The Morgan fingerprint density at radius 2 is 2.04 bits per heavy atom. The molecule has 0 aliphatic carbocycles. The molecule has 3 rings (SSSR count). The van der Waals surface area contributed by atoms with E-state index in [4.69, 9.17) is 16.3 Å². The fraction of sp³-hybridized carbons (Fsp3) is 0.350. The maximum Gasteiger partial charge on any atom is 0.182 e. The summed E-state index contributed by atoms with van der Waals surface area (Å²) in [6.45, 7) is 3.01. The Kier molecular flexibility index (Phi) is 5.22. The first-order valence-electron chi connectivity index (χ1n) is 8.47. The van der Waals surface area contributed by atoms with Gasteiger partial charge < -0.3 is 10.1 Å². The standard InChI is InChI=1S/C20H22ClNO2/c1-2-11-20(12-6-13-22-20)19(23)15-9-10-17(21)18(14-15)24-16-7-4-3-5-8-16/h3-5,7-10,14,22H,2,6,11-13H2,1H3/t20-/m0/s1. The van der Waals surface area contributed by atoms with E-state index in [-0.39, 0.29) is 5.78 Å². The average Bonchev–Trinajstić information content (AvgIpc) is 3.07. The predicted octanol–water partition coefficient (Wildman–Crippen LogP) is 5.24. The third-order valence-electron chi connectivity index (χ3n) is 4.52. The number of carbonyl (C=O) groups is 1. The molecule has 4 heteroatoms. The Morgan fingerprint density at radius 1 is 1.25 bits per heavy atom. The van der Waals surface area contributed by atoms with Crippen molar-refractivity contribution >= 4 is 17.4 Å². The Balaban J connectivity index is 1.88. The van der Waals surface area contributed by atoms with Crippen LogP contribution in [0.4, 0.5) is 0 Å². The van der Waals surface area contributed by atoms with E-state index in [2.05, 4.69) is 12.2 Å². The molecule has 126 valence electrons. The maximum absolute atomic E-state index is 13.1. The van der Waals surface area contributed by atoms with Gasteiger partial charge in [-0.1, -0.05) is 43.1 Å². The summed E-state index contributed by atoms with van der Waals surface area (Å²) in [6.07, 6.45) is 3.74. The Labute approximate surface area is 148 Å². The third kappa shape index (κ3) is 3.47. The third-order valence-corrected chi connectivity index (χ3v) is 4.83. The number of rotatable bonds is 6. The fourth-order valence-electron chi connectivity index (χ4n) is 3.37. The number of hydrogen-bond acceptors (Lipinski definition) is 3. The Bertz CT molecular complexity index is 709. The smallest absolute Gasteiger partial charge is 0.182 e. The van der Waals surface area contributed by atoms with Crippen LogP contribution < -0.4 is 10.1 Å². The van der Waals surface area contributed by atoms with E-state index >= 15 is 0 Å². The summed E-state index contributed by atoms with van der Waals surface area (Å²) in [4.78, 5) is 13.1. The van der Waals surface area contributed by atoms with Gasteiger partial charge in [0.15, 0.2) is 5.78 Å². The molecule has 1 aliphatic rings. The highest BCUT2D eigenvalue weighted by atomic mass is 35.5. The first-order chi connectivity index (χ1) is 11.6. The minimum Gasteiger partial charge on any atom is -0.456 e. The molecule has 0 unspecified atom stereocenters. The van der Waals surface area contributed by atoms with Crippen LogP contribution in [-0.4, -0.2) is 17.9 Å². The van der Waals surface area contributed by atoms with Gasteiger partial charge in [-0.3, -0.25) is 4.79 Å². The molecule has 0 spiro atoms. The average molecular weight is 344 g/mol. The van der Waals surface area contributed by atoms with Crippen LogP contribution in [0.2, 0.25) is 5.02 Å². The summed E-state index contributed by atoms with van der Waals surface area (Å²) in [5.41, 5.74) is 0.209. The van der Waals surface area contributed by atoms with Crippen LogP contribution >= 0.6 is 11.6 Å². The fourth-order valence-corrected chi connectivity index (χ4v) is 3.52. The second-order valence-electron chi connectivity index (χ2n) is 6.25. The monoisotopic (exact) mass is 343 g/mol. The van der Waals surface area contributed by atoms with E-state index in [0.717, 1.165) is 32.2 Å². The molecule has 1 atom stereocenters. The Hall–Kier alpha value is -1.84. The molecule has 0 saturated carbocycles. The van der Waals surface area contributed by atoms with E-state index in [1.165, 1.54) is 0 Å². The summed E-state index contributed by atoms with van der Waals surface area (Å²) in [5.74, 6) is 1.35. The molecule has 1 saturated heterocycles. The SMILES string of the molecule is CCC[C@@]1(C(=O)c2ccc(Cl)c(Oc3ccccc3)c2)CCCN1. The zero-order chi connectivity index (χ0) is 17.0. The molecule has 2 aromatic carbocycles. The predicted molar refractivity (Wildman–Crippen MR) is 97.2 cm³/mol. The molecule has 1 fully saturated rings. The molecular weight excluding hydrogens is 322 g/mol. The first kappa shape index (κ1) is 17.0. The number of hydrogen-bond donors (Lipinski definition) is 1. The number of carbonyl (C=O) groups excluding carboxylic acids is 1. The summed E-state index contributed by atoms with van der Waals surface area (Å²) in [6, 6.07) is 14.7. The van der Waals surface area contributed by atoms with Crippen molar-refractivity contribution in [2.75, 3.05) is 6.54 Å². The van der Waals surface area contributed by atoms with Gasteiger partial charge in [-0.15, -0.1) is 0 Å². The molecule has 1 aliphatic heterocycles. The molecule has 3 nitrogen and oxygen atoms in total. The number of para-hydroxylation sites is 1. The topological polar surface area (TPSA) is 38.3 Å². The van der Waals surface area contributed by atoms with Gasteiger partial charge >= 0.3 is 0 Å². The largest absolute Gasteiger partial charge is 0.456 e. The van der Waals surface area contributed by atoms with Gasteiger partial charge in [0.25, 0.3) is 0 Å². The van der Waals surface area contributed by atoms with Gasteiger partial charge in [0.2, 0.25) is 0 Å². The van der Waals surface area contributed by atoms with E-state index < -0.39 is 5.54 Å². The highest BCUT2D eigenvalue weighted by Crippen LogP contribution is 2.34. The van der Waals surface area contributed by atoms with Gasteiger partial charge in [-0.05, 0) is 56.1 Å². The van der Waals surface area contributed by atoms with Crippen molar-refractivity contribution in [2.24, 2.45) is 0 Å². The van der Waals surface area contributed by atoms with Crippen LogP contribution in [0.25, 0.3) is 0 Å². The second kappa shape index (κ2) is 7.37. The number of ketones is 1. The van der Waals surface area contributed by atoms with Crippen molar-refractivity contribution in [3.8, 4) is 11.5 Å². The van der Waals surface area contributed by atoms with Gasteiger partial charge in [0, 0.05) is 5.56 Å². The van der Waals surface area contributed by atoms with E-state index in [0.29, 0.717) is 22.1 Å². The van der Waals surface area contributed by atoms with Gasteiger partial charge in [0.05, 0.1) is 10.6 Å². The van der Waals surface area contributed by atoms with Crippen LogP contribution in [0, 0.1) is 0 Å². The molecule has 1 N–H and O–H groups in total. The van der Waals surface area contributed by atoms with Crippen LogP contribution in [0.5, 0.6) is 11.5 Å². The molecule has 2 aromatic rings. The molecule has 0 radical (unpaired) electrons. The second-order valence-corrected chi connectivity index (χ2v) is 6.66. The highest BCUT2D eigenvalue weighted by molar-refractivity contribution is 6.32. The molecule has 24 heavy (non-hydrogen) atoms. The van der Waals surface area contributed by atoms with Crippen LogP contribution in [-0.2, 0) is 0 Å². The van der Waals surface area contributed by atoms with Crippen LogP contribution in [0.3, 0.4) is 0 Å². The number of halogens is 1. The van der Waals surface area contributed by atoms with Gasteiger partial charge in [-0.2, -0.15) is 0 Å². The summed E-state index contributed by atoms with van der Waals surface area (Å²) >= 11 is 6.25. The van der Waals surface area contributed by atoms with Crippen LogP contribution in [0.15, 0.2) is 48.5 Å².